The van der Waals surface area contributed by atoms with Crippen LogP contribution in [0.5, 0.6) is 6.01 Å². The summed E-state index contributed by atoms with van der Waals surface area (Å²) in [6.07, 6.45) is 4.05. The predicted molar refractivity (Wildman–Crippen MR) is 135 cm³/mol. The molecule has 1 fully saturated rings. The van der Waals surface area contributed by atoms with Crippen LogP contribution in [0, 0.1) is 11.6 Å². The second-order valence-electron chi connectivity index (χ2n) is 9.33. The molecule has 0 spiro atoms. The van der Waals surface area contributed by atoms with Gasteiger partial charge in [-0.05, 0) is 79.8 Å². The molecule has 1 saturated heterocycles. The summed E-state index contributed by atoms with van der Waals surface area (Å²) < 4.78 is 34.8. The number of hydrogen-bond acceptors (Lipinski definition) is 3. The van der Waals surface area contributed by atoms with E-state index in [2.05, 4.69) is 20.5 Å². The Balaban J connectivity index is 1.21. The number of para-hydroxylation sites is 2. The normalized spacial score (nSPS) is 15.2. The molecule has 1 aromatic heterocycles. The second kappa shape index (κ2) is 10.6. The van der Waals surface area contributed by atoms with Gasteiger partial charge in [-0.2, -0.15) is 4.98 Å². The third-order valence-electron chi connectivity index (χ3n) is 7.18. The Bertz CT molecular complexity index is 1200. The number of benzene rings is 3. The maximum absolute atomic E-state index is 13.5. The number of aromatic nitrogens is 2. The Morgan fingerprint density at radius 2 is 1.49 bits per heavy atom. The van der Waals surface area contributed by atoms with Gasteiger partial charge in [0.05, 0.1) is 18.1 Å². The molecule has 0 N–H and O–H groups in total. The first-order valence-corrected chi connectivity index (χ1v) is 12.4. The molecule has 0 aliphatic carbocycles. The van der Waals surface area contributed by atoms with Gasteiger partial charge in [0.1, 0.15) is 11.6 Å². The summed E-state index contributed by atoms with van der Waals surface area (Å²) in [6, 6.07) is 22.7. The maximum atomic E-state index is 13.5. The van der Waals surface area contributed by atoms with E-state index in [1.807, 2.05) is 42.5 Å². The summed E-state index contributed by atoms with van der Waals surface area (Å²) in [5.74, 6) is -0.358. The molecule has 0 atom stereocenters. The van der Waals surface area contributed by atoms with E-state index in [4.69, 9.17) is 4.74 Å². The van der Waals surface area contributed by atoms with Gasteiger partial charge in [-0.1, -0.05) is 36.4 Å². The summed E-state index contributed by atoms with van der Waals surface area (Å²) in [4.78, 5) is 7.17. The summed E-state index contributed by atoms with van der Waals surface area (Å²) >= 11 is 0. The van der Waals surface area contributed by atoms with E-state index in [0.29, 0.717) is 12.1 Å². The molecule has 0 radical (unpaired) electrons. The zero-order chi connectivity index (χ0) is 24.2. The topological polar surface area (TPSA) is 30.3 Å². The van der Waals surface area contributed by atoms with E-state index in [1.165, 1.54) is 24.3 Å². The van der Waals surface area contributed by atoms with Crippen molar-refractivity contribution in [1.29, 1.82) is 0 Å². The van der Waals surface area contributed by atoms with Gasteiger partial charge in [-0.25, -0.2) is 8.78 Å². The fourth-order valence-electron chi connectivity index (χ4n) is 5.36. The molecular formula is C29H31F2N3O. The summed E-state index contributed by atoms with van der Waals surface area (Å²) in [6.45, 7) is 3.06. The standard InChI is InChI=1S/C29H31F2N3O/c1-35-29-32-27-6-2-3-7-28(27)34(29)25-16-19-33(20-17-25)18-4-5-26(21-8-12-23(30)13-9-21)22-10-14-24(31)15-11-22/h2-3,6-15,25-26H,4-5,16-20H2,1H3. The van der Waals surface area contributed by atoms with Crippen LogP contribution in [0.1, 0.15) is 48.8 Å². The van der Waals surface area contributed by atoms with Gasteiger partial charge >= 0.3 is 0 Å². The van der Waals surface area contributed by atoms with Gasteiger partial charge in [0.25, 0.3) is 6.01 Å². The Hall–Kier alpha value is -3.25. The third kappa shape index (κ3) is 5.22. The number of fused-ring (bicyclic) bond motifs is 1. The lowest BCUT2D eigenvalue weighted by Crippen LogP contribution is -2.35. The minimum absolute atomic E-state index is 0.121. The van der Waals surface area contributed by atoms with E-state index in [-0.39, 0.29) is 17.6 Å². The highest BCUT2D eigenvalue weighted by Gasteiger charge is 2.25. The molecular weight excluding hydrogens is 444 g/mol. The largest absolute Gasteiger partial charge is 0.468 e. The van der Waals surface area contributed by atoms with Crippen LogP contribution in [0.4, 0.5) is 8.78 Å². The second-order valence-corrected chi connectivity index (χ2v) is 9.33. The molecule has 0 amide bonds. The van der Waals surface area contributed by atoms with E-state index >= 15 is 0 Å². The monoisotopic (exact) mass is 475 g/mol. The molecule has 4 nitrogen and oxygen atoms in total. The minimum atomic E-state index is -0.239. The van der Waals surface area contributed by atoms with Crippen LogP contribution in [0.3, 0.4) is 0 Å². The van der Waals surface area contributed by atoms with Gasteiger partial charge in [0.15, 0.2) is 0 Å². The smallest absolute Gasteiger partial charge is 0.297 e. The summed E-state index contributed by atoms with van der Waals surface area (Å²) in [5, 5.41) is 0. The van der Waals surface area contributed by atoms with Crippen molar-refractivity contribution < 1.29 is 13.5 Å². The molecule has 6 heteroatoms. The number of rotatable bonds is 8. The lowest BCUT2D eigenvalue weighted by molar-refractivity contribution is 0.178. The van der Waals surface area contributed by atoms with Gasteiger partial charge in [-0.3, -0.25) is 4.57 Å². The van der Waals surface area contributed by atoms with Crippen molar-refractivity contribution in [2.75, 3.05) is 26.7 Å². The average Bonchev–Trinajstić information content (AvgIpc) is 3.27. The van der Waals surface area contributed by atoms with E-state index in [9.17, 15) is 8.78 Å². The van der Waals surface area contributed by atoms with Crippen molar-refractivity contribution >= 4 is 11.0 Å². The van der Waals surface area contributed by atoms with Gasteiger partial charge in [0, 0.05) is 25.0 Å². The lowest BCUT2D eigenvalue weighted by atomic mass is 9.87. The quantitative estimate of drug-likeness (QED) is 0.289. The highest BCUT2D eigenvalue weighted by atomic mass is 19.1. The number of nitrogens with zero attached hydrogens (tertiary/aromatic N) is 3. The van der Waals surface area contributed by atoms with Crippen LogP contribution >= 0.6 is 0 Å². The van der Waals surface area contributed by atoms with Gasteiger partial charge < -0.3 is 9.64 Å². The summed E-state index contributed by atoms with van der Waals surface area (Å²) in [7, 11) is 1.69. The van der Waals surface area contributed by atoms with Crippen LogP contribution in [0.2, 0.25) is 0 Å². The number of ether oxygens (including phenoxy) is 1. The first-order chi connectivity index (χ1) is 17.1. The van der Waals surface area contributed by atoms with Crippen LogP contribution in [0.25, 0.3) is 11.0 Å². The van der Waals surface area contributed by atoms with E-state index in [0.717, 1.165) is 67.5 Å². The van der Waals surface area contributed by atoms with Crippen LogP contribution in [-0.2, 0) is 0 Å². The Morgan fingerprint density at radius 3 is 2.09 bits per heavy atom. The number of halogens is 2. The number of methoxy groups -OCH3 is 1. The van der Waals surface area contributed by atoms with Crippen molar-refractivity contribution in [3.63, 3.8) is 0 Å². The highest BCUT2D eigenvalue weighted by Crippen LogP contribution is 2.33. The Kier molecular flexibility index (Phi) is 7.09. The number of hydrogen-bond donors (Lipinski definition) is 0. The van der Waals surface area contributed by atoms with Crippen LogP contribution < -0.4 is 4.74 Å². The third-order valence-corrected chi connectivity index (χ3v) is 7.18. The van der Waals surface area contributed by atoms with E-state index in [1.54, 1.807) is 7.11 Å². The number of piperidine rings is 1. The van der Waals surface area contributed by atoms with Crippen molar-refractivity contribution in [2.24, 2.45) is 0 Å². The fourth-order valence-corrected chi connectivity index (χ4v) is 5.36. The molecule has 3 aromatic carbocycles. The molecule has 4 aromatic rings. The molecule has 0 saturated carbocycles. The molecule has 1 aliphatic rings. The molecule has 0 unspecified atom stereocenters. The molecule has 1 aliphatic heterocycles. The number of imidazole rings is 1. The molecule has 0 bridgehead atoms. The first kappa shape index (κ1) is 23.5. The van der Waals surface area contributed by atoms with Crippen molar-refractivity contribution in [3.8, 4) is 6.01 Å². The highest BCUT2D eigenvalue weighted by molar-refractivity contribution is 5.76. The Morgan fingerprint density at radius 1 is 0.886 bits per heavy atom. The Labute approximate surface area is 205 Å². The zero-order valence-corrected chi connectivity index (χ0v) is 20.0. The predicted octanol–water partition coefficient (Wildman–Crippen LogP) is 6.57. The van der Waals surface area contributed by atoms with Crippen molar-refractivity contribution in [1.82, 2.24) is 14.5 Å². The minimum Gasteiger partial charge on any atom is -0.468 e. The molecule has 2 heterocycles. The molecule has 35 heavy (non-hydrogen) atoms. The fraction of sp³-hybridized carbons (Fsp3) is 0.345. The zero-order valence-electron chi connectivity index (χ0n) is 20.0. The van der Waals surface area contributed by atoms with Crippen LogP contribution in [0.15, 0.2) is 72.8 Å². The summed E-state index contributed by atoms with van der Waals surface area (Å²) in [5.41, 5.74) is 4.23. The van der Waals surface area contributed by atoms with Crippen molar-refractivity contribution in [2.45, 2.75) is 37.6 Å². The maximum Gasteiger partial charge on any atom is 0.297 e. The van der Waals surface area contributed by atoms with E-state index < -0.39 is 0 Å². The van der Waals surface area contributed by atoms with Crippen molar-refractivity contribution in [3.05, 3.63) is 95.6 Å². The first-order valence-electron chi connectivity index (χ1n) is 12.4. The van der Waals surface area contributed by atoms with Gasteiger partial charge in [0.2, 0.25) is 0 Å². The average molecular weight is 476 g/mol. The lowest BCUT2D eigenvalue weighted by Gasteiger charge is -2.33. The SMILES string of the molecule is COc1nc2ccccc2n1C1CCN(CCCC(c2ccc(F)cc2)c2ccc(F)cc2)CC1. The molecule has 182 valence electrons. The number of likely N-dealkylation sites (tertiary alicyclic amines) is 1. The van der Waals surface area contributed by atoms with Crippen LogP contribution in [-0.4, -0.2) is 41.2 Å². The molecule has 5 rings (SSSR count). The van der Waals surface area contributed by atoms with Gasteiger partial charge in [-0.15, -0.1) is 0 Å².